The lowest BCUT2D eigenvalue weighted by Gasteiger charge is -2.22. The SMILES string of the molecule is CCNC(=NCC1CCCN1CC)NCCN(C)c1ccccc1.I. The zero-order valence-corrected chi connectivity index (χ0v) is 18.2. The normalized spacial score (nSPS) is 17.9. The summed E-state index contributed by atoms with van der Waals surface area (Å²) in [7, 11) is 2.12. The van der Waals surface area contributed by atoms with Gasteiger partial charge in [-0.05, 0) is 45.0 Å². The van der Waals surface area contributed by atoms with Crippen LogP contribution >= 0.6 is 24.0 Å². The smallest absolute Gasteiger partial charge is 0.191 e. The first-order valence-electron chi connectivity index (χ1n) is 9.27. The topological polar surface area (TPSA) is 42.9 Å². The Morgan fingerprint density at radius 2 is 2.00 bits per heavy atom. The van der Waals surface area contributed by atoms with E-state index in [2.05, 4.69) is 65.6 Å². The molecule has 6 heteroatoms. The summed E-state index contributed by atoms with van der Waals surface area (Å²) >= 11 is 0. The van der Waals surface area contributed by atoms with Crippen LogP contribution in [0.15, 0.2) is 35.3 Å². The summed E-state index contributed by atoms with van der Waals surface area (Å²) in [6, 6.07) is 11.1. The third-order valence-electron chi connectivity index (χ3n) is 4.65. The molecule has 2 N–H and O–H groups in total. The van der Waals surface area contributed by atoms with Crippen LogP contribution in [0.25, 0.3) is 0 Å². The first-order chi connectivity index (χ1) is 11.7. The second-order valence-electron chi connectivity index (χ2n) is 6.33. The molecule has 1 fully saturated rings. The minimum Gasteiger partial charge on any atom is -0.373 e. The average Bonchev–Trinajstić information content (AvgIpc) is 3.08. The number of hydrogen-bond acceptors (Lipinski definition) is 3. The molecule has 0 aliphatic carbocycles. The van der Waals surface area contributed by atoms with E-state index in [1.54, 1.807) is 0 Å². The molecule has 1 unspecified atom stereocenters. The molecule has 1 aromatic rings. The van der Waals surface area contributed by atoms with Crippen LogP contribution in [0.1, 0.15) is 26.7 Å². The number of rotatable bonds is 8. The molecular weight excluding hydrogens is 425 g/mol. The van der Waals surface area contributed by atoms with Gasteiger partial charge >= 0.3 is 0 Å². The minimum atomic E-state index is 0. The van der Waals surface area contributed by atoms with Gasteiger partial charge in [0, 0.05) is 38.4 Å². The molecule has 25 heavy (non-hydrogen) atoms. The van der Waals surface area contributed by atoms with Gasteiger partial charge in [0.15, 0.2) is 5.96 Å². The summed E-state index contributed by atoms with van der Waals surface area (Å²) in [6.07, 6.45) is 2.58. The van der Waals surface area contributed by atoms with Crippen molar-refractivity contribution >= 4 is 35.6 Å². The van der Waals surface area contributed by atoms with E-state index in [1.807, 2.05) is 6.07 Å². The van der Waals surface area contributed by atoms with Crippen LogP contribution in [0.3, 0.4) is 0 Å². The molecular formula is C19H34IN5. The molecule has 1 heterocycles. The number of nitrogens with one attached hydrogen (secondary N) is 2. The van der Waals surface area contributed by atoms with Gasteiger partial charge in [-0.15, -0.1) is 24.0 Å². The summed E-state index contributed by atoms with van der Waals surface area (Å²) < 4.78 is 0. The van der Waals surface area contributed by atoms with Crippen molar-refractivity contribution in [3.8, 4) is 0 Å². The Hall–Kier alpha value is -1.02. The zero-order valence-electron chi connectivity index (χ0n) is 15.9. The van der Waals surface area contributed by atoms with Gasteiger partial charge in [0.05, 0.1) is 6.54 Å². The van der Waals surface area contributed by atoms with Crippen molar-refractivity contribution in [2.75, 3.05) is 51.2 Å². The van der Waals surface area contributed by atoms with E-state index < -0.39 is 0 Å². The molecule has 1 aliphatic rings. The molecule has 1 atom stereocenters. The quantitative estimate of drug-likeness (QED) is 0.357. The number of aliphatic imine (C=N–C) groups is 1. The average molecular weight is 459 g/mol. The number of hydrogen-bond donors (Lipinski definition) is 2. The predicted octanol–water partition coefficient (Wildman–Crippen LogP) is 2.78. The fourth-order valence-corrected chi connectivity index (χ4v) is 3.21. The maximum Gasteiger partial charge on any atom is 0.191 e. The second-order valence-corrected chi connectivity index (χ2v) is 6.33. The van der Waals surface area contributed by atoms with E-state index in [1.165, 1.54) is 25.1 Å². The van der Waals surface area contributed by atoms with Crippen LogP contribution in [-0.2, 0) is 0 Å². The Kier molecular flexibility index (Phi) is 10.9. The van der Waals surface area contributed by atoms with Crippen LogP contribution in [0, 0.1) is 0 Å². The van der Waals surface area contributed by atoms with Crippen molar-refractivity contribution in [3.63, 3.8) is 0 Å². The number of halogens is 1. The lowest BCUT2D eigenvalue weighted by atomic mass is 10.2. The number of guanidine groups is 1. The first-order valence-corrected chi connectivity index (χ1v) is 9.27. The third kappa shape index (κ3) is 7.40. The Labute approximate surface area is 170 Å². The van der Waals surface area contributed by atoms with Crippen molar-refractivity contribution in [2.24, 2.45) is 4.99 Å². The number of likely N-dealkylation sites (tertiary alicyclic amines) is 1. The van der Waals surface area contributed by atoms with Gasteiger partial charge in [-0.2, -0.15) is 0 Å². The minimum absolute atomic E-state index is 0. The molecule has 1 aromatic carbocycles. The molecule has 5 nitrogen and oxygen atoms in total. The van der Waals surface area contributed by atoms with Crippen molar-refractivity contribution < 1.29 is 0 Å². The monoisotopic (exact) mass is 459 g/mol. The maximum atomic E-state index is 4.80. The van der Waals surface area contributed by atoms with E-state index in [4.69, 9.17) is 4.99 Å². The van der Waals surface area contributed by atoms with Gasteiger partial charge in [0.2, 0.25) is 0 Å². The second kappa shape index (κ2) is 12.4. The molecule has 0 amide bonds. The van der Waals surface area contributed by atoms with Crippen LogP contribution < -0.4 is 15.5 Å². The third-order valence-corrected chi connectivity index (χ3v) is 4.65. The largest absolute Gasteiger partial charge is 0.373 e. The lowest BCUT2D eigenvalue weighted by molar-refractivity contribution is 0.273. The highest BCUT2D eigenvalue weighted by Gasteiger charge is 2.22. The van der Waals surface area contributed by atoms with Crippen molar-refractivity contribution in [3.05, 3.63) is 30.3 Å². The summed E-state index contributed by atoms with van der Waals surface area (Å²) in [5, 5.41) is 6.81. The summed E-state index contributed by atoms with van der Waals surface area (Å²) in [4.78, 5) is 9.59. The molecule has 0 spiro atoms. The number of benzene rings is 1. The van der Waals surface area contributed by atoms with E-state index in [9.17, 15) is 0 Å². The Morgan fingerprint density at radius 3 is 2.68 bits per heavy atom. The predicted molar refractivity (Wildman–Crippen MR) is 119 cm³/mol. The van der Waals surface area contributed by atoms with Gasteiger partial charge < -0.3 is 15.5 Å². The molecule has 1 saturated heterocycles. The number of likely N-dealkylation sites (N-methyl/N-ethyl adjacent to an activating group) is 2. The van der Waals surface area contributed by atoms with Gasteiger partial charge in [0.25, 0.3) is 0 Å². The van der Waals surface area contributed by atoms with Gasteiger partial charge in [-0.25, -0.2) is 0 Å². The van der Waals surface area contributed by atoms with Gasteiger partial charge in [-0.3, -0.25) is 9.89 Å². The first kappa shape index (κ1) is 22.0. The van der Waals surface area contributed by atoms with Gasteiger partial charge in [-0.1, -0.05) is 25.1 Å². The number of anilines is 1. The molecule has 2 rings (SSSR count). The van der Waals surface area contributed by atoms with E-state index in [0.717, 1.165) is 38.7 Å². The summed E-state index contributed by atoms with van der Waals surface area (Å²) in [5.74, 6) is 0.932. The fourth-order valence-electron chi connectivity index (χ4n) is 3.21. The van der Waals surface area contributed by atoms with E-state index >= 15 is 0 Å². The summed E-state index contributed by atoms with van der Waals surface area (Å²) in [5.41, 5.74) is 1.24. The van der Waals surface area contributed by atoms with Crippen molar-refractivity contribution in [2.45, 2.75) is 32.7 Å². The van der Waals surface area contributed by atoms with Crippen molar-refractivity contribution in [1.29, 1.82) is 0 Å². The highest BCUT2D eigenvalue weighted by Crippen LogP contribution is 2.16. The highest BCUT2D eigenvalue weighted by atomic mass is 127. The van der Waals surface area contributed by atoms with Gasteiger partial charge in [0.1, 0.15) is 0 Å². The molecule has 142 valence electrons. The maximum absolute atomic E-state index is 4.80. The number of nitrogens with zero attached hydrogens (tertiary/aromatic N) is 3. The standard InChI is InChI=1S/C19H33N5.HI/c1-4-20-19(22-16-18-12-9-14-24(18)5-2)21-13-15-23(3)17-10-7-6-8-11-17;/h6-8,10-11,18H,4-5,9,12-16H2,1-3H3,(H2,20,21,22);1H. The lowest BCUT2D eigenvalue weighted by Crippen LogP contribution is -2.42. The highest BCUT2D eigenvalue weighted by molar-refractivity contribution is 14.0. The van der Waals surface area contributed by atoms with E-state index in [0.29, 0.717) is 6.04 Å². The molecule has 1 aliphatic heterocycles. The van der Waals surface area contributed by atoms with Crippen LogP contribution in [0.2, 0.25) is 0 Å². The Balaban J connectivity index is 0.00000312. The van der Waals surface area contributed by atoms with Crippen LogP contribution in [0.4, 0.5) is 5.69 Å². The zero-order chi connectivity index (χ0) is 17.2. The molecule has 0 radical (unpaired) electrons. The molecule has 0 aromatic heterocycles. The molecule has 0 bridgehead atoms. The number of para-hydroxylation sites is 1. The fraction of sp³-hybridized carbons (Fsp3) is 0.632. The Morgan fingerprint density at radius 1 is 1.24 bits per heavy atom. The van der Waals surface area contributed by atoms with Crippen molar-refractivity contribution in [1.82, 2.24) is 15.5 Å². The summed E-state index contributed by atoms with van der Waals surface area (Å²) in [6.45, 7) is 10.3. The van der Waals surface area contributed by atoms with Crippen LogP contribution in [0.5, 0.6) is 0 Å². The van der Waals surface area contributed by atoms with Crippen LogP contribution in [-0.4, -0.2) is 63.2 Å². The van der Waals surface area contributed by atoms with E-state index in [-0.39, 0.29) is 24.0 Å². The Bertz CT molecular complexity index is 494. The molecule has 0 saturated carbocycles.